The summed E-state index contributed by atoms with van der Waals surface area (Å²) in [4.78, 5) is 25.7. The third kappa shape index (κ3) is 3.61. The third-order valence-corrected chi connectivity index (χ3v) is 7.18. The highest BCUT2D eigenvalue weighted by Crippen LogP contribution is 2.28. The lowest BCUT2D eigenvalue weighted by Gasteiger charge is -2.29. The number of nitrogens with one attached hydrogen (secondary N) is 1. The topological polar surface area (TPSA) is 86.8 Å². The molecule has 0 spiro atoms. The van der Waals surface area contributed by atoms with Gasteiger partial charge in [0.15, 0.2) is 0 Å². The lowest BCUT2D eigenvalue weighted by molar-refractivity contribution is -0.125. The molecule has 1 N–H and O–H groups in total. The number of sulfonamides is 1. The van der Waals surface area contributed by atoms with Crippen LogP contribution >= 0.6 is 0 Å². The van der Waals surface area contributed by atoms with Crippen molar-refractivity contribution >= 4 is 27.5 Å². The van der Waals surface area contributed by atoms with Crippen molar-refractivity contribution in [2.45, 2.75) is 31.1 Å². The van der Waals surface area contributed by atoms with Crippen LogP contribution in [0.25, 0.3) is 0 Å². The van der Waals surface area contributed by atoms with Gasteiger partial charge in [-0.05, 0) is 43.0 Å². The van der Waals surface area contributed by atoms with Gasteiger partial charge in [0, 0.05) is 38.8 Å². The van der Waals surface area contributed by atoms with Crippen molar-refractivity contribution in [1.29, 1.82) is 0 Å². The van der Waals surface area contributed by atoms with Crippen LogP contribution in [0.1, 0.15) is 26.2 Å². The molecular weight excluding hydrogens is 354 g/mol. The highest BCUT2D eigenvalue weighted by atomic mass is 32.2. The van der Waals surface area contributed by atoms with Gasteiger partial charge in [-0.25, -0.2) is 8.42 Å². The van der Waals surface area contributed by atoms with Gasteiger partial charge in [0.25, 0.3) is 0 Å². The monoisotopic (exact) mass is 379 g/mol. The molecule has 142 valence electrons. The number of nitrogens with zero attached hydrogens (tertiary/aromatic N) is 2. The number of carbonyl (C=O) groups is 2. The van der Waals surface area contributed by atoms with E-state index in [1.54, 1.807) is 36.2 Å². The Balaban J connectivity index is 1.74. The summed E-state index contributed by atoms with van der Waals surface area (Å²) in [5.74, 6) is -0.0943. The summed E-state index contributed by atoms with van der Waals surface area (Å²) in [5, 5.41) is 2.57. The van der Waals surface area contributed by atoms with Crippen LogP contribution in [-0.2, 0) is 19.6 Å². The first-order chi connectivity index (χ1) is 12.3. The number of carbonyl (C=O) groups excluding carboxylic acids is 2. The number of amides is 2. The van der Waals surface area contributed by atoms with Crippen molar-refractivity contribution in [3.05, 3.63) is 24.3 Å². The highest BCUT2D eigenvalue weighted by molar-refractivity contribution is 7.89. The second-order valence-electron chi connectivity index (χ2n) is 7.10. The van der Waals surface area contributed by atoms with Crippen molar-refractivity contribution in [3.63, 3.8) is 0 Å². The Morgan fingerprint density at radius 1 is 1.15 bits per heavy atom. The fraction of sp³-hybridized carbons (Fsp3) is 0.556. The molecule has 1 atom stereocenters. The van der Waals surface area contributed by atoms with Crippen LogP contribution in [0, 0.1) is 11.8 Å². The van der Waals surface area contributed by atoms with Gasteiger partial charge < -0.3 is 10.2 Å². The molecular formula is C18H25N3O4S. The van der Waals surface area contributed by atoms with E-state index in [4.69, 9.17) is 0 Å². The molecule has 0 bridgehead atoms. The van der Waals surface area contributed by atoms with Crippen LogP contribution in [0.5, 0.6) is 0 Å². The minimum Gasteiger partial charge on any atom is -0.359 e. The second-order valence-corrected chi connectivity index (χ2v) is 9.04. The molecule has 26 heavy (non-hydrogen) atoms. The fourth-order valence-corrected chi connectivity index (χ4v) is 4.98. The molecule has 2 saturated heterocycles. The Morgan fingerprint density at radius 2 is 1.77 bits per heavy atom. The lowest BCUT2D eigenvalue weighted by atomic mass is 10.0. The predicted octanol–water partition coefficient (Wildman–Crippen LogP) is 1.21. The number of hydrogen-bond acceptors (Lipinski definition) is 4. The maximum Gasteiger partial charge on any atom is 0.243 e. The van der Waals surface area contributed by atoms with Gasteiger partial charge in [-0.15, -0.1) is 0 Å². The van der Waals surface area contributed by atoms with E-state index in [1.807, 2.05) is 0 Å². The first-order valence-electron chi connectivity index (χ1n) is 8.95. The van der Waals surface area contributed by atoms with E-state index in [0.29, 0.717) is 31.2 Å². The summed E-state index contributed by atoms with van der Waals surface area (Å²) in [6.45, 7) is 3.54. The Hall–Kier alpha value is -1.93. The number of piperidine rings is 1. The van der Waals surface area contributed by atoms with E-state index < -0.39 is 10.0 Å². The average molecular weight is 379 g/mol. The van der Waals surface area contributed by atoms with Crippen LogP contribution in [0.2, 0.25) is 0 Å². The van der Waals surface area contributed by atoms with Gasteiger partial charge in [0.2, 0.25) is 21.8 Å². The summed E-state index contributed by atoms with van der Waals surface area (Å²) in [6, 6.07) is 6.37. The lowest BCUT2D eigenvalue weighted by Crippen LogP contribution is -2.37. The molecule has 0 saturated carbocycles. The average Bonchev–Trinajstić information content (AvgIpc) is 3.03. The minimum absolute atomic E-state index is 0.126. The molecule has 2 amide bonds. The smallest absolute Gasteiger partial charge is 0.243 e. The molecule has 1 aromatic rings. The van der Waals surface area contributed by atoms with Crippen molar-refractivity contribution < 1.29 is 18.0 Å². The van der Waals surface area contributed by atoms with Crippen molar-refractivity contribution in [2.24, 2.45) is 11.8 Å². The summed E-state index contributed by atoms with van der Waals surface area (Å²) in [5.41, 5.74) is 0.618. The summed E-state index contributed by atoms with van der Waals surface area (Å²) in [7, 11) is -1.95. The molecule has 1 aromatic carbocycles. The maximum atomic E-state index is 12.8. The van der Waals surface area contributed by atoms with Crippen molar-refractivity contribution in [3.8, 4) is 0 Å². The van der Waals surface area contributed by atoms with Gasteiger partial charge in [-0.3, -0.25) is 9.59 Å². The van der Waals surface area contributed by atoms with Crippen LogP contribution in [-0.4, -0.2) is 51.2 Å². The zero-order chi connectivity index (χ0) is 18.9. The Bertz CT molecular complexity index is 783. The van der Waals surface area contributed by atoms with Crippen LogP contribution in [0.3, 0.4) is 0 Å². The first kappa shape index (κ1) is 18.8. The molecule has 0 radical (unpaired) electrons. The van der Waals surface area contributed by atoms with Gasteiger partial charge in [0.05, 0.1) is 10.8 Å². The quantitative estimate of drug-likeness (QED) is 0.852. The summed E-state index contributed by atoms with van der Waals surface area (Å²) >= 11 is 0. The van der Waals surface area contributed by atoms with Crippen LogP contribution < -0.4 is 10.2 Å². The van der Waals surface area contributed by atoms with E-state index in [2.05, 4.69) is 12.2 Å². The van der Waals surface area contributed by atoms with E-state index >= 15 is 0 Å². The zero-order valence-corrected chi connectivity index (χ0v) is 16.0. The predicted molar refractivity (Wildman–Crippen MR) is 98.1 cm³/mol. The Morgan fingerprint density at radius 3 is 2.35 bits per heavy atom. The first-order valence-corrected chi connectivity index (χ1v) is 10.4. The molecule has 7 nitrogen and oxygen atoms in total. The number of hydrogen-bond donors (Lipinski definition) is 1. The summed E-state index contributed by atoms with van der Waals surface area (Å²) < 4.78 is 27.1. The fourth-order valence-electron chi connectivity index (χ4n) is 3.51. The standard InChI is InChI=1S/C18H25N3O4S/c1-13-7-9-20(10-8-13)26(24,25)16-5-3-15(4-6-16)21-12-14(11-17(21)22)18(23)19-2/h3-6,13-14H,7-12H2,1-2H3,(H,19,23)/t14-/m1/s1. The second kappa shape index (κ2) is 7.36. The largest absolute Gasteiger partial charge is 0.359 e. The summed E-state index contributed by atoms with van der Waals surface area (Å²) in [6.07, 6.45) is 1.92. The number of anilines is 1. The Kier molecular flexibility index (Phi) is 5.34. The third-order valence-electron chi connectivity index (χ3n) is 5.27. The molecule has 0 aliphatic carbocycles. The molecule has 0 aromatic heterocycles. The molecule has 8 heteroatoms. The molecule has 2 heterocycles. The minimum atomic E-state index is -3.50. The molecule has 3 rings (SSSR count). The number of rotatable bonds is 4. The molecule has 2 aliphatic rings. The highest BCUT2D eigenvalue weighted by Gasteiger charge is 2.35. The van der Waals surface area contributed by atoms with Gasteiger partial charge in [0.1, 0.15) is 0 Å². The van der Waals surface area contributed by atoms with E-state index in [-0.39, 0.29) is 29.0 Å². The SMILES string of the molecule is CNC(=O)[C@@H]1CC(=O)N(c2ccc(S(=O)(=O)N3CCC(C)CC3)cc2)C1. The molecule has 2 fully saturated rings. The zero-order valence-electron chi connectivity index (χ0n) is 15.1. The van der Waals surface area contributed by atoms with Gasteiger partial charge >= 0.3 is 0 Å². The van der Waals surface area contributed by atoms with Crippen molar-refractivity contribution in [1.82, 2.24) is 9.62 Å². The van der Waals surface area contributed by atoms with Crippen molar-refractivity contribution in [2.75, 3.05) is 31.6 Å². The van der Waals surface area contributed by atoms with Crippen LogP contribution in [0.15, 0.2) is 29.2 Å². The Labute approximate surface area is 154 Å². The number of benzene rings is 1. The van der Waals surface area contributed by atoms with Crippen LogP contribution in [0.4, 0.5) is 5.69 Å². The molecule has 0 unspecified atom stereocenters. The van der Waals surface area contributed by atoms with E-state index in [1.165, 1.54) is 4.31 Å². The van der Waals surface area contributed by atoms with E-state index in [0.717, 1.165) is 12.8 Å². The normalized spacial score (nSPS) is 22.6. The molecule has 2 aliphatic heterocycles. The van der Waals surface area contributed by atoms with Gasteiger partial charge in [-0.2, -0.15) is 4.31 Å². The van der Waals surface area contributed by atoms with Gasteiger partial charge in [-0.1, -0.05) is 6.92 Å². The van der Waals surface area contributed by atoms with E-state index in [9.17, 15) is 18.0 Å². The maximum absolute atomic E-state index is 12.8.